The molecule has 0 bridgehead atoms. The lowest BCUT2D eigenvalue weighted by Gasteiger charge is -2.34. The van der Waals surface area contributed by atoms with Crippen LogP contribution in [0.3, 0.4) is 0 Å². The molecule has 7 aromatic carbocycles. The highest BCUT2D eigenvalue weighted by molar-refractivity contribution is 5.89. The Morgan fingerprint density at radius 1 is 0.309 bits per heavy atom. The van der Waals surface area contributed by atoms with Crippen LogP contribution in [0, 0.1) is 0 Å². The zero-order valence-electron chi connectivity index (χ0n) is 59.0. The number of unbranched alkanes of at least 4 members (excludes halogenated alkanes) is 27. The minimum atomic E-state index is -0.0607. The van der Waals surface area contributed by atoms with Crippen LogP contribution < -0.4 is 4.74 Å². The summed E-state index contributed by atoms with van der Waals surface area (Å²) in [6.45, 7) is 14.1. The standard InChI is InChI=1S/C92H117NO/c1-6-11-16-21-26-27-28-33-41-66-94-81-54-48-74(49-55-81)77-51-57-83-85-59-53-79(70-89(85)92(87(83)68-77,63-39-31-24-19-14-9-4)64-40-32-25-20-15-10-5)78-52-58-84-82-56-50-76(72-44-46-73(47-45-72)80-60-65-93-90(71-80)75-42-35-34-36-43-75)67-86(82)91(88(84)69-78,61-37-29-22-17-12-7-2)62-38-30-23-18-13-8-3/h6,34-36,42-60,65,67-71H,1,7-33,37-41,61-64,66H2,2-5H3. The van der Waals surface area contributed by atoms with Crippen molar-refractivity contribution in [2.24, 2.45) is 0 Å². The van der Waals surface area contributed by atoms with Gasteiger partial charge in [0.1, 0.15) is 5.75 Å². The number of benzene rings is 7. The maximum Gasteiger partial charge on any atom is 0.119 e. The number of allylic oxidation sites excluding steroid dienone is 1. The molecule has 0 fully saturated rings. The quantitative estimate of drug-likeness (QED) is 0.0280. The summed E-state index contributed by atoms with van der Waals surface area (Å²) >= 11 is 0. The molecule has 496 valence electrons. The third-order valence-corrected chi connectivity index (χ3v) is 21.8. The highest BCUT2D eigenvalue weighted by Crippen LogP contribution is 2.58. The fourth-order valence-electron chi connectivity index (χ4n) is 16.3. The van der Waals surface area contributed by atoms with Crippen LogP contribution in [-0.2, 0) is 10.8 Å². The van der Waals surface area contributed by atoms with E-state index in [-0.39, 0.29) is 10.8 Å². The van der Waals surface area contributed by atoms with Gasteiger partial charge in [-0.05, 0) is 182 Å². The topological polar surface area (TPSA) is 22.1 Å². The van der Waals surface area contributed by atoms with Crippen LogP contribution in [0.4, 0.5) is 0 Å². The van der Waals surface area contributed by atoms with E-state index in [4.69, 9.17) is 9.72 Å². The highest BCUT2D eigenvalue weighted by Gasteiger charge is 2.45. The molecule has 0 unspecified atom stereocenters. The monoisotopic (exact) mass is 1250 g/mol. The van der Waals surface area contributed by atoms with E-state index >= 15 is 0 Å². The number of ether oxygens (including phenoxy) is 1. The number of rotatable bonds is 44. The van der Waals surface area contributed by atoms with Crippen molar-refractivity contribution in [2.45, 2.75) is 270 Å². The smallest absolute Gasteiger partial charge is 0.119 e. The molecule has 0 spiro atoms. The van der Waals surface area contributed by atoms with Crippen LogP contribution in [0.15, 0.2) is 183 Å². The molecule has 0 saturated heterocycles. The van der Waals surface area contributed by atoms with Crippen molar-refractivity contribution in [1.29, 1.82) is 0 Å². The van der Waals surface area contributed by atoms with Crippen molar-refractivity contribution in [3.8, 4) is 83.8 Å². The zero-order chi connectivity index (χ0) is 65.1. The van der Waals surface area contributed by atoms with E-state index < -0.39 is 0 Å². The molecule has 2 nitrogen and oxygen atoms in total. The van der Waals surface area contributed by atoms with Gasteiger partial charge >= 0.3 is 0 Å². The fraction of sp³-hybridized carbons (Fsp3) is 0.467. The SMILES string of the molecule is C=CCCCCCCCCCOc1ccc(-c2ccc3c(c2)C(CCCCCCCC)(CCCCCCCC)c2cc(-c4ccc5c(c4)C(CCCCCCCC)(CCCCCCCC)c4cc(-c6ccc(-c7ccnc(-c8ccccc8)c7)cc6)ccc4-5)ccc2-3)cc1. The van der Waals surface area contributed by atoms with Gasteiger partial charge < -0.3 is 4.74 Å². The summed E-state index contributed by atoms with van der Waals surface area (Å²) < 4.78 is 6.37. The molecule has 2 aliphatic rings. The predicted octanol–water partition coefficient (Wildman–Crippen LogP) is 28.6. The largest absolute Gasteiger partial charge is 0.494 e. The van der Waals surface area contributed by atoms with Crippen molar-refractivity contribution in [1.82, 2.24) is 4.98 Å². The Morgan fingerprint density at radius 3 is 1.01 bits per heavy atom. The Labute approximate surface area is 571 Å². The molecule has 94 heavy (non-hydrogen) atoms. The first kappa shape index (κ1) is 70.0. The summed E-state index contributed by atoms with van der Waals surface area (Å²) in [5.41, 5.74) is 24.6. The van der Waals surface area contributed by atoms with E-state index in [2.05, 4.69) is 204 Å². The van der Waals surface area contributed by atoms with Crippen LogP contribution in [0.1, 0.15) is 281 Å². The van der Waals surface area contributed by atoms with Gasteiger partial charge in [-0.15, -0.1) is 6.58 Å². The van der Waals surface area contributed by atoms with Gasteiger partial charge in [0.15, 0.2) is 0 Å². The van der Waals surface area contributed by atoms with E-state index in [1.165, 1.54) is 285 Å². The third kappa shape index (κ3) is 18.0. The predicted molar refractivity (Wildman–Crippen MR) is 408 cm³/mol. The number of hydrogen-bond acceptors (Lipinski definition) is 2. The van der Waals surface area contributed by atoms with Crippen LogP contribution in [0.5, 0.6) is 5.75 Å². The normalized spacial score (nSPS) is 13.2. The van der Waals surface area contributed by atoms with Gasteiger partial charge in [0, 0.05) is 22.6 Å². The molecule has 0 radical (unpaired) electrons. The number of hydrogen-bond donors (Lipinski definition) is 0. The second-order valence-electron chi connectivity index (χ2n) is 28.6. The first-order valence-corrected chi connectivity index (χ1v) is 38.5. The summed E-state index contributed by atoms with van der Waals surface area (Å²) in [5, 5.41) is 0. The molecule has 1 heterocycles. The van der Waals surface area contributed by atoms with Gasteiger partial charge in [0.2, 0.25) is 0 Å². The van der Waals surface area contributed by atoms with Gasteiger partial charge in [0.25, 0.3) is 0 Å². The average molecular weight is 1250 g/mol. The molecule has 2 aliphatic carbocycles. The van der Waals surface area contributed by atoms with Crippen molar-refractivity contribution >= 4 is 0 Å². The Balaban J connectivity index is 0.996. The van der Waals surface area contributed by atoms with E-state index in [0.29, 0.717) is 0 Å². The molecule has 10 rings (SSSR count). The molecular formula is C92H117NO. The fourth-order valence-corrected chi connectivity index (χ4v) is 16.3. The summed E-state index contributed by atoms with van der Waals surface area (Å²) in [4.78, 5) is 4.76. The van der Waals surface area contributed by atoms with Gasteiger partial charge in [-0.3, -0.25) is 4.98 Å². The molecule has 0 aliphatic heterocycles. The molecule has 0 saturated carbocycles. The summed E-state index contributed by atoms with van der Waals surface area (Å²) in [7, 11) is 0. The molecular weight excluding hydrogens is 1140 g/mol. The molecule has 2 heteroatoms. The minimum Gasteiger partial charge on any atom is -0.494 e. The van der Waals surface area contributed by atoms with E-state index in [1.54, 1.807) is 22.3 Å². The van der Waals surface area contributed by atoms with Crippen LogP contribution in [0.25, 0.3) is 78.0 Å². The average Bonchev–Trinajstić information content (AvgIpc) is 1.58. The van der Waals surface area contributed by atoms with Crippen molar-refractivity contribution < 1.29 is 4.74 Å². The Morgan fingerprint density at radius 2 is 0.628 bits per heavy atom. The van der Waals surface area contributed by atoms with Crippen molar-refractivity contribution in [2.75, 3.05) is 6.61 Å². The van der Waals surface area contributed by atoms with E-state index in [9.17, 15) is 0 Å². The lowest BCUT2D eigenvalue weighted by atomic mass is 9.69. The number of aromatic nitrogens is 1. The van der Waals surface area contributed by atoms with Gasteiger partial charge in [-0.1, -0.05) is 335 Å². The highest BCUT2D eigenvalue weighted by atomic mass is 16.5. The second-order valence-corrected chi connectivity index (χ2v) is 28.6. The molecule has 0 amide bonds. The van der Waals surface area contributed by atoms with Gasteiger partial charge in [-0.25, -0.2) is 0 Å². The maximum absolute atomic E-state index is 6.37. The Hall–Kier alpha value is -6.77. The molecule has 8 aromatic rings. The van der Waals surface area contributed by atoms with E-state index in [1.807, 2.05) is 6.20 Å². The van der Waals surface area contributed by atoms with Crippen LogP contribution in [-0.4, -0.2) is 11.6 Å². The zero-order valence-corrected chi connectivity index (χ0v) is 59.0. The maximum atomic E-state index is 6.37. The molecule has 1 aromatic heterocycles. The van der Waals surface area contributed by atoms with Crippen molar-refractivity contribution in [3.63, 3.8) is 0 Å². The lowest BCUT2D eigenvalue weighted by molar-refractivity contribution is 0.304. The molecule has 0 N–H and O–H groups in total. The van der Waals surface area contributed by atoms with Crippen molar-refractivity contribution in [3.05, 3.63) is 205 Å². The molecule has 0 atom stereocenters. The van der Waals surface area contributed by atoms with Gasteiger partial charge in [-0.2, -0.15) is 0 Å². The number of pyridine rings is 1. The Bertz CT molecular complexity index is 3520. The number of nitrogens with zero attached hydrogens (tertiary/aromatic N) is 1. The first-order valence-electron chi connectivity index (χ1n) is 38.5. The van der Waals surface area contributed by atoms with Crippen LogP contribution in [0.2, 0.25) is 0 Å². The van der Waals surface area contributed by atoms with Crippen LogP contribution >= 0.6 is 0 Å². The second kappa shape index (κ2) is 36.9. The summed E-state index contributed by atoms with van der Waals surface area (Å²) in [5.74, 6) is 0.985. The first-order chi connectivity index (χ1) is 46.4. The minimum absolute atomic E-state index is 0.0505. The summed E-state index contributed by atoms with van der Waals surface area (Å²) in [6, 6.07) is 64.1. The Kier molecular flexibility index (Phi) is 27.5. The lowest BCUT2D eigenvalue weighted by Crippen LogP contribution is -2.26. The number of fused-ring (bicyclic) bond motifs is 6. The third-order valence-electron chi connectivity index (χ3n) is 21.8. The van der Waals surface area contributed by atoms with Gasteiger partial charge in [0.05, 0.1) is 12.3 Å². The van der Waals surface area contributed by atoms with E-state index in [0.717, 1.165) is 36.5 Å². The summed E-state index contributed by atoms with van der Waals surface area (Å²) in [6.07, 6.45) is 50.3.